The van der Waals surface area contributed by atoms with Gasteiger partial charge in [-0.2, -0.15) is 0 Å². The summed E-state index contributed by atoms with van der Waals surface area (Å²) in [4.78, 5) is 32.9. The summed E-state index contributed by atoms with van der Waals surface area (Å²) in [6.07, 6.45) is 3.85. The SMILES string of the molecule is CC(C)N=C1S/C(=C/c2cn(CC(=O)Nc3ccccc3)c3ccccc23)C(=O)N1C(C)C. The number of hydrogen-bond donors (Lipinski definition) is 1. The molecule has 2 amide bonds. The number of rotatable bonds is 6. The van der Waals surface area contributed by atoms with E-state index in [1.54, 1.807) is 4.90 Å². The molecule has 1 aliphatic heterocycles. The molecule has 6 nitrogen and oxygen atoms in total. The third kappa shape index (κ3) is 5.03. The van der Waals surface area contributed by atoms with E-state index in [0.717, 1.165) is 27.3 Å². The number of carbonyl (C=O) groups is 2. The zero-order valence-electron chi connectivity index (χ0n) is 19.3. The molecule has 1 N–H and O–H groups in total. The summed E-state index contributed by atoms with van der Waals surface area (Å²) in [7, 11) is 0. The van der Waals surface area contributed by atoms with Gasteiger partial charge in [-0.1, -0.05) is 36.4 Å². The maximum atomic E-state index is 13.2. The predicted octanol–water partition coefficient (Wildman–Crippen LogP) is 5.37. The molecule has 1 aliphatic rings. The molecule has 0 aliphatic carbocycles. The molecule has 0 radical (unpaired) electrons. The molecule has 0 bridgehead atoms. The Morgan fingerprint density at radius 1 is 1.06 bits per heavy atom. The van der Waals surface area contributed by atoms with Crippen LogP contribution in [-0.4, -0.2) is 38.5 Å². The van der Waals surface area contributed by atoms with Crippen molar-refractivity contribution in [1.82, 2.24) is 9.47 Å². The second kappa shape index (κ2) is 9.67. The summed E-state index contributed by atoms with van der Waals surface area (Å²) in [5.74, 6) is -0.141. The minimum Gasteiger partial charge on any atom is -0.337 e. The quantitative estimate of drug-likeness (QED) is 0.503. The summed E-state index contributed by atoms with van der Waals surface area (Å²) < 4.78 is 1.92. The van der Waals surface area contributed by atoms with E-state index < -0.39 is 0 Å². The van der Waals surface area contributed by atoms with Crippen LogP contribution >= 0.6 is 11.8 Å². The van der Waals surface area contributed by atoms with Crippen LogP contribution in [-0.2, 0) is 16.1 Å². The van der Waals surface area contributed by atoms with E-state index in [0.29, 0.717) is 4.91 Å². The number of fused-ring (bicyclic) bond motifs is 1. The largest absolute Gasteiger partial charge is 0.337 e. The molecule has 33 heavy (non-hydrogen) atoms. The second-order valence-corrected chi connectivity index (χ2v) is 9.54. The fourth-order valence-electron chi connectivity index (χ4n) is 3.79. The number of nitrogens with zero attached hydrogens (tertiary/aromatic N) is 3. The number of aromatic nitrogens is 1. The first kappa shape index (κ1) is 22.9. The van der Waals surface area contributed by atoms with Gasteiger partial charge in [-0.15, -0.1) is 0 Å². The van der Waals surface area contributed by atoms with Gasteiger partial charge >= 0.3 is 0 Å². The lowest BCUT2D eigenvalue weighted by Gasteiger charge is -2.20. The maximum Gasteiger partial charge on any atom is 0.266 e. The van der Waals surface area contributed by atoms with Gasteiger partial charge in [-0.3, -0.25) is 19.5 Å². The number of para-hydroxylation sites is 2. The highest BCUT2D eigenvalue weighted by Gasteiger charge is 2.35. The van der Waals surface area contributed by atoms with Gasteiger partial charge in [0.05, 0.1) is 4.91 Å². The van der Waals surface area contributed by atoms with Crippen molar-refractivity contribution >= 4 is 51.4 Å². The smallest absolute Gasteiger partial charge is 0.266 e. The minimum absolute atomic E-state index is 0.0245. The van der Waals surface area contributed by atoms with Crippen molar-refractivity contribution in [1.29, 1.82) is 0 Å². The normalized spacial score (nSPS) is 16.7. The van der Waals surface area contributed by atoms with E-state index in [1.165, 1.54) is 11.8 Å². The van der Waals surface area contributed by atoms with Gasteiger partial charge in [-0.25, -0.2) is 0 Å². The van der Waals surface area contributed by atoms with Crippen LogP contribution in [0.4, 0.5) is 5.69 Å². The third-order valence-corrected chi connectivity index (χ3v) is 6.20. The standard InChI is InChI=1S/C26H28N4O2S/c1-17(2)27-26-30(18(3)4)25(32)23(33-26)14-19-15-29(22-13-9-8-12-21(19)22)16-24(31)28-20-10-6-5-7-11-20/h5-15,17-18H,16H2,1-4H3,(H,28,31)/b23-14+,27-26?. The third-order valence-electron chi connectivity index (χ3n) is 5.20. The van der Waals surface area contributed by atoms with Gasteiger partial charge in [0, 0.05) is 40.4 Å². The van der Waals surface area contributed by atoms with E-state index in [4.69, 9.17) is 0 Å². The molecule has 1 fully saturated rings. The van der Waals surface area contributed by atoms with Crippen LogP contribution in [0.2, 0.25) is 0 Å². The number of amidine groups is 1. The number of thioether (sulfide) groups is 1. The van der Waals surface area contributed by atoms with Gasteiger partial charge in [0.25, 0.3) is 5.91 Å². The number of anilines is 1. The summed E-state index contributed by atoms with van der Waals surface area (Å²) in [5.41, 5.74) is 2.61. The molecule has 2 heterocycles. The first-order chi connectivity index (χ1) is 15.8. The molecule has 170 valence electrons. The fourth-order valence-corrected chi connectivity index (χ4v) is 5.02. The monoisotopic (exact) mass is 460 g/mol. The summed E-state index contributed by atoms with van der Waals surface area (Å²) in [5, 5.41) is 4.67. The Hall–Kier alpha value is -3.32. The van der Waals surface area contributed by atoms with Gasteiger partial charge in [-0.05, 0) is 63.7 Å². The highest BCUT2D eigenvalue weighted by molar-refractivity contribution is 8.18. The van der Waals surface area contributed by atoms with Gasteiger partial charge < -0.3 is 9.88 Å². The van der Waals surface area contributed by atoms with Crippen molar-refractivity contribution in [3.8, 4) is 0 Å². The number of aliphatic imine (C=N–C) groups is 1. The summed E-state index contributed by atoms with van der Waals surface area (Å²) in [6, 6.07) is 17.5. The molecule has 1 saturated heterocycles. The minimum atomic E-state index is -0.107. The maximum absolute atomic E-state index is 13.2. The molecule has 4 rings (SSSR count). The highest BCUT2D eigenvalue weighted by atomic mass is 32.2. The van der Waals surface area contributed by atoms with Crippen LogP contribution in [0.15, 0.2) is 70.7 Å². The molecule has 0 unspecified atom stereocenters. The number of hydrogen-bond acceptors (Lipinski definition) is 4. The van der Waals surface area contributed by atoms with Crippen LogP contribution in [0.3, 0.4) is 0 Å². The van der Waals surface area contributed by atoms with E-state index >= 15 is 0 Å². The Bertz CT molecular complexity index is 1240. The average molecular weight is 461 g/mol. The topological polar surface area (TPSA) is 66.7 Å². The highest BCUT2D eigenvalue weighted by Crippen LogP contribution is 2.35. The van der Waals surface area contributed by atoms with E-state index in [9.17, 15) is 9.59 Å². The molecule has 0 atom stereocenters. The van der Waals surface area contributed by atoms with Crippen LogP contribution in [0.5, 0.6) is 0 Å². The molecule has 0 spiro atoms. The van der Waals surface area contributed by atoms with Crippen molar-refractivity contribution in [2.45, 2.75) is 46.3 Å². The molecular weight excluding hydrogens is 432 g/mol. The molecule has 1 aromatic heterocycles. The van der Waals surface area contributed by atoms with E-state index in [2.05, 4.69) is 10.3 Å². The van der Waals surface area contributed by atoms with E-state index in [1.807, 2.05) is 99.1 Å². The van der Waals surface area contributed by atoms with E-state index in [-0.39, 0.29) is 30.4 Å². The first-order valence-electron chi connectivity index (χ1n) is 11.1. The van der Waals surface area contributed by atoms with Crippen molar-refractivity contribution in [2.24, 2.45) is 4.99 Å². The lowest BCUT2D eigenvalue weighted by Crippen LogP contribution is -2.35. The molecule has 2 aromatic carbocycles. The Morgan fingerprint density at radius 2 is 1.76 bits per heavy atom. The zero-order chi connectivity index (χ0) is 23.5. The lowest BCUT2D eigenvalue weighted by molar-refractivity contribution is -0.123. The molecule has 0 saturated carbocycles. The fraction of sp³-hybridized carbons (Fsp3) is 0.269. The number of amides is 2. The number of benzene rings is 2. The Balaban J connectivity index is 1.66. The van der Waals surface area contributed by atoms with Crippen LogP contribution < -0.4 is 5.32 Å². The van der Waals surface area contributed by atoms with Gasteiger partial charge in [0.15, 0.2) is 5.17 Å². The van der Waals surface area contributed by atoms with Crippen molar-refractivity contribution in [3.05, 3.63) is 71.3 Å². The van der Waals surface area contributed by atoms with Crippen molar-refractivity contribution < 1.29 is 9.59 Å². The van der Waals surface area contributed by atoms with Gasteiger partial charge in [0.2, 0.25) is 5.91 Å². The molecule has 3 aromatic rings. The first-order valence-corrected chi connectivity index (χ1v) is 11.9. The molecular formula is C26H28N4O2S. The van der Waals surface area contributed by atoms with Crippen LogP contribution in [0, 0.1) is 0 Å². The summed E-state index contributed by atoms with van der Waals surface area (Å²) in [6.45, 7) is 8.18. The van der Waals surface area contributed by atoms with Crippen LogP contribution in [0.25, 0.3) is 17.0 Å². The van der Waals surface area contributed by atoms with Crippen LogP contribution in [0.1, 0.15) is 33.3 Å². The van der Waals surface area contributed by atoms with Gasteiger partial charge in [0.1, 0.15) is 6.54 Å². The molecule has 7 heteroatoms. The number of nitrogens with one attached hydrogen (secondary N) is 1. The average Bonchev–Trinajstić information content (AvgIpc) is 3.26. The Labute approximate surface area is 198 Å². The van der Waals surface area contributed by atoms with Crippen molar-refractivity contribution in [2.75, 3.05) is 5.32 Å². The Morgan fingerprint density at radius 3 is 2.45 bits per heavy atom. The Kier molecular flexibility index (Phi) is 6.70. The second-order valence-electron chi connectivity index (χ2n) is 8.53. The lowest BCUT2D eigenvalue weighted by atomic mass is 10.1. The predicted molar refractivity (Wildman–Crippen MR) is 137 cm³/mol. The van der Waals surface area contributed by atoms with Crippen molar-refractivity contribution in [3.63, 3.8) is 0 Å². The summed E-state index contributed by atoms with van der Waals surface area (Å²) >= 11 is 1.41. The number of carbonyl (C=O) groups excluding carboxylic acids is 2. The zero-order valence-corrected chi connectivity index (χ0v) is 20.1.